The minimum absolute atomic E-state index is 0.0736. The number of nitrogen functional groups attached to an aromatic ring is 1. The molecule has 2 rings (SSSR count). The first-order chi connectivity index (χ1) is 7.66. The van der Waals surface area contributed by atoms with Crippen molar-refractivity contribution in [1.82, 2.24) is 4.98 Å². The minimum atomic E-state index is -0.826. The van der Waals surface area contributed by atoms with Crippen LogP contribution >= 0.6 is 0 Å². The number of anilines is 1. The number of fused-ring (bicyclic) bond motifs is 1. The molecule has 0 spiro atoms. The fourth-order valence-electron chi connectivity index (χ4n) is 1.62. The summed E-state index contributed by atoms with van der Waals surface area (Å²) in [7, 11) is 0. The molecule has 0 fully saturated rings. The van der Waals surface area contributed by atoms with Crippen molar-refractivity contribution < 1.29 is 9.90 Å². The van der Waals surface area contributed by atoms with Gasteiger partial charge in [0.15, 0.2) is 0 Å². The minimum Gasteiger partial charge on any atom is -0.481 e. The van der Waals surface area contributed by atoms with E-state index >= 15 is 0 Å². The highest BCUT2D eigenvalue weighted by molar-refractivity contribution is 5.81. The lowest BCUT2D eigenvalue weighted by molar-refractivity contribution is -0.136. The van der Waals surface area contributed by atoms with Crippen molar-refractivity contribution in [1.29, 1.82) is 0 Å². The molecule has 0 radical (unpaired) electrons. The fraction of sp³-hybridized carbons (Fsp3) is 0.167. The lowest BCUT2D eigenvalue weighted by atomic mass is 10.1. The molecule has 0 saturated heterocycles. The number of hydrogen-bond donors (Lipinski definition) is 2. The van der Waals surface area contributed by atoms with Gasteiger partial charge in [0.2, 0.25) is 0 Å². The van der Waals surface area contributed by atoms with Gasteiger partial charge in [-0.3, -0.25) is 4.79 Å². The molecular weight excluding hydrogens is 204 g/mol. The fourth-order valence-corrected chi connectivity index (χ4v) is 1.62. The third-order valence-corrected chi connectivity index (χ3v) is 2.44. The van der Waals surface area contributed by atoms with Gasteiger partial charge in [-0.05, 0) is 24.1 Å². The van der Waals surface area contributed by atoms with E-state index in [-0.39, 0.29) is 6.42 Å². The van der Waals surface area contributed by atoms with Crippen molar-refractivity contribution >= 4 is 22.7 Å². The van der Waals surface area contributed by atoms with Gasteiger partial charge < -0.3 is 10.8 Å². The van der Waals surface area contributed by atoms with E-state index in [1.54, 1.807) is 0 Å². The molecule has 0 atom stereocenters. The highest BCUT2D eigenvalue weighted by Crippen LogP contribution is 2.19. The topological polar surface area (TPSA) is 76.2 Å². The van der Waals surface area contributed by atoms with Crippen LogP contribution in [0.3, 0.4) is 0 Å². The number of aromatic nitrogens is 1. The van der Waals surface area contributed by atoms with E-state index in [1.165, 1.54) is 0 Å². The van der Waals surface area contributed by atoms with Crippen LogP contribution in [-0.4, -0.2) is 16.1 Å². The molecule has 1 aromatic heterocycles. The van der Waals surface area contributed by atoms with Gasteiger partial charge in [0.05, 0.1) is 5.52 Å². The Balaban J connectivity index is 2.38. The largest absolute Gasteiger partial charge is 0.481 e. The first kappa shape index (κ1) is 10.4. The molecule has 0 aliphatic heterocycles. The van der Waals surface area contributed by atoms with Crippen molar-refractivity contribution in [2.75, 3.05) is 5.73 Å². The van der Waals surface area contributed by atoms with Crippen LogP contribution in [0.1, 0.15) is 12.0 Å². The second-order valence-corrected chi connectivity index (χ2v) is 3.62. The molecule has 0 unspecified atom stereocenters. The number of nitrogens with two attached hydrogens (primary N) is 1. The van der Waals surface area contributed by atoms with Gasteiger partial charge in [-0.1, -0.05) is 18.2 Å². The molecule has 0 amide bonds. The lowest BCUT2D eigenvalue weighted by Crippen LogP contribution is -2.02. The van der Waals surface area contributed by atoms with Crippen molar-refractivity contribution in [2.24, 2.45) is 0 Å². The standard InChI is InChI=1S/C12H12N2O2/c13-12-9(5-6-11(15)16)7-8-3-1-2-4-10(8)14-12/h1-4,7H,5-6H2,(H2,13,14)(H,15,16). The summed E-state index contributed by atoms with van der Waals surface area (Å²) >= 11 is 0. The number of pyridine rings is 1. The Labute approximate surface area is 92.7 Å². The summed E-state index contributed by atoms with van der Waals surface area (Å²) in [5, 5.41) is 9.60. The summed E-state index contributed by atoms with van der Waals surface area (Å²) < 4.78 is 0. The zero-order chi connectivity index (χ0) is 11.5. The van der Waals surface area contributed by atoms with Gasteiger partial charge in [0.1, 0.15) is 5.82 Å². The average molecular weight is 216 g/mol. The number of nitrogens with zero attached hydrogens (tertiary/aromatic N) is 1. The predicted octanol–water partition coefficient (Wildman–Crippen LogP) is 1.83. The van der Waals surface area contributed by atoms with Crippen LogP contribution in [0.5, 0.6) is 0 Å². The number of hydrogen-bond acceptors (Lipinski definition) is 3. The van der Waals surface area contributed by atoms with Crippen molar-refractivity contribution in [3.63, 3.8) is 0 Å². The van der Waals surface area contributed by atoms with Crippen molar-refractivity contribution in [2.45, 2.75) is 12.8 Å². The first-order valence-corrected chi connectivity index (χ1v) is 5.03. The number of rotatable bonds is 3. The number of aliphatic carboxylic acids is 1. The van der Waals surface area contributed by atoms with E-state index in [9.17, 15) is 4.79 Å². The van der Waals surface area contributed by atoms with Gasteiger partial charge in [0, 0.05) is 11.8 Å². The molecule has 0 aliphatic rings. The Kier molecular flexibility index (Phi) is 2.72. The number of carbonyl (C=O) groups is 1. The summed E-state index contributed by atoms with van der Waals surface area (Å²) in [5.41, 5.74) is 7.39. The predicted molar refractivity (Wildman–Crippen MR) is 62.1 cm³/mol. The van der Waals surface area contributed by atoms with Crippen molar-refractivity contribution in [3.05, 3.63) is 35.9 Å². The van der Waals surface area contributed by atoms with Gasteiger partial charge in [-0.2, -0.15) is 0 Å². The van der Waals surface area contributed by atoms with E-state index in [0.29, 0.717) is 12.2 Å². The number of benzene rings is 1. The number of carboxylic acids is 1. The third kappa shape index (κ3) is 2.11. The Morgan fingerprint density at radius 1 is 1.38 bits per heavy atom. The number of aryl methyl sites for hydroxylation is 1. The number of carboxylic acid groups (broad SMARTS) is 1. The number of para-hydroxylation sites is 1. The zero-order valence-corrected chi connectivity index (χ0v) is 8.68. The quantitative estimate of drug-likeness (QED) is 0.820. The second-order valence-electron chi connectivity index (χ2n) is 3.62. The Morgan fingerprint density at radius 2 is 2.12 bits per heavy atom. The molecule has 3 N–H and O–H groups in total. The molecule has 1 aromatic carbocycles. The molecule has 1 heterocycles. The van der Waals surface area contributed by atoms with Gasteiger partial charge >= 0.3 is 5.97 Å². The molecule has 0 aliphatic carbocycles. The van der Waals surface area contributed by atoms with E-state index in [1.807, 2.05) is 30.3 Å². The van der Waals surface area contributed by atoms with Crippen LogP contribution in [0.2, 0.25) is 0 Å². The van der Waals surface area contributed by atoms with Crippen LogP contribution in [-0.2, 0) is 11.2 Å². The van der Waals surface area contributed by atoms with Gasteiger partial charge in [-0.25, -0.2) is 4.98 Å². The molecule has 82 valence electrons. The summed E-state index contributed by atoms with van der Waals surface area (Å²) in [6, 6.07) is 9.53. The van der Waals surface area contributed by atoms with E-state index in [2.05, 4.69) is 4.98 Å². The highest BCUT2D eigenvalue weighted by Gasteiger charge is 2.05. The van der Waals surface area contributed by atoms with Gasteiger partial charge in [-0.15, -0.1) is 0 Å². The summed E-state index contributed by atoms with van der Waals surface area (Å²) in [4.78, 5) is 14.7. The Bertz CT molecular complexity index is 538. The smallest absolute Gasteiger partial charge is 0.303 e. The van der Waals surface area contributed by atoms with Crippen LogP contribution in [0.25, 0.3) is 10.9 Å². The van der Waals surface area contributed by atoms with Crippen LogP contribution < -0.4 is 5.73 Å². The van der Waals surface area contributed by atoms with Crippen LogP contribution in [0.15, 0.2) is 30.3 Å². The maximum Gasteiger partial charge on any atom is 0.303 e. The lowest BCUT2D eigenvalue weighted by Gasteiger charge is -2.05. The molecule has 2 aromatic rings. The normalized spacial score (nSPS) is 10.5. The summed E-state index contributed by atoms with van der Waals surface area (Å²) in [5.74, 6) is -0.410. The SMILES string of the molecule is Nc1nc2ccccc2cc1CCC(=O)O. The zero-order valence-electron chi connectivity index (χ0n) is 8.68. The maximum absolute atomic E-state index is 10.5. The molecular formula is C12H12N2O2. The van der Waals surface area contributed by atoms with Gasteiger partial charge in [0.25, 0.3) is 0 Å². The second kappa shape index (κ2) is 4.18. The summed E-state index contributed by atoms with van der Waals surface area (Å²) in [6.45, 7) is 0. The van der Waals surface area contributed by atoms with E-state index in [0.717, 1.165) is 16.5 Å². The summed E-state index contributed by atoms with van der Waals surface area (Å²) in [6.07, 6.45) is 0.489. The maximum atomic E-state index is 10.5. The molecule has 4 heteroatoms. The molecule has 16 heavy (non-hydrogen) atoms. The van der Waals surface area contributed by atoms with Crippen molar-refractivity contribution in [3.8, 4) is 0 Å². The first-order valence-electron chi connectivity index (χ1n) is 5.03. The Hall–Kier alpha value is -2.10. The van der Waals surface area contributed by atoms with E-state index < -0.39 is 5.97 Å². The van der Waals surface area contributed by atoms with E-state index in [4.69, 9.17) is 10.8 Å². The molecule has 0 bridgehead atoms. The molecule has 4 nitrogen and oxygen atoms in total. The molecule has 0 saturated carbocycles. The van der Waals surface area contributed by atoms with Crippen LogP contribution in [0, 0.1) is 0 Å². The average Bonchev–Trinajstić information content (AvgIpc) is 2.26. The highest BCUT2D eigenvalue weighted by atomic mass is 16.4. The third-order valence-electron chi connectivity index (χ3n) is 2.44. The Morgan fingerprint density at radius 3 is 2.88 bits per heavy atom. The monoisotopic (exact) mass is 216 g/mol. The van der Waals surface area contributed by atoms with Crippen LogP contribution in [0.4, 0.5) is 5.82 Å².